The van der Waals surface area contributed by atoms with Gasteiger partial charge in [-0.2, -0.15) is 27.4 Å². The normalized spacial score (nSPS) is 10.9. The topological polar surface area (TPSA) is 240 Å². The SMILES string of the molecule is Brc1ncccn1.Cc1cc(C)n(-c2[c-]c(Oc3[c-]c4c(cc3)c3ccccc3n4-c3ncccn3)ccc2)n1.Cc1cc(C)n(-c2cccc(Oc3ccc4c(c3)[nH]c3ccccc34)c2)n1.Cc1cc(C)n(-c2cccc(Oc3ccc4c5ccccc5n(-c5ncccn5)c4c3)c2)n1.N[N]=[Pt]=[O].[Pt+2]. The van der Waals surface area contributed by atoms with E-state index in [2.05, 4.69) is 166 Å². The molecule has 0 saturated heterocycles. The zero-order valence-corrected chi connectivity index (χ0v) is 63.4. The molecule has 24 heteroatoms. The summed E-state index contributed by atoms with van der Waals surface area (Å²) in [6, 6.07) is 81.1. The number of nitrogens with two attached hydrogens (primary N) is 1. The molecule has 0 spiro atoms. The fraction of sp³-hybridized carbons (Fsp3) is 0.0741. The molecule has 3 N–H and O–H groups in total. The molecule has 0 aliphatic heterocycles. The van der Waals surface area contributed by atoms with Gasteiger partial charge in [-0.25, -0.2) is 39.3 Å². The van der Waals surface area contributed by atoms with Crippen molar-refractivity contribution >= 4 is 81.3 Å². The number of hydrogen-bond acceptors (Lipinski definition) is 15. The van der Waals surface area contributed by atoms with Gasteiger partial charge in [0.15, 0.2) is 4.73 Å². The van der Waals surface area contributed by atoms with Gasteiger partial charge >= 0.3 is 52.3 Å². The summed E-state index contributed by atoms with van der Waals surface area (Å²) in [6.45, 7) is 12.1. The minimum absolute atomic E-state index is 0. The third-order valence-electron chi connectivity index (χ3n) is 16.6. The fourth-order valence-electron chi connectivity index (χ4n) is 12.4. The smallest absolute Gasteiger partial charge is 2.00 e. The number of H-pyrrole nitrogens is 1. The van der Waals surface area contributed by atoms with Crippen LogP contribution in [0, 0.1) is 53.7 Å². The first-order chi connectivity index (χ1) is 50.8. The van der Waals surface area contributed by atoms with Gasteiger partial charge in [-0.05, 0) is 172 Å². The van der Waals surface area contributed by atoms with Gasteiger partial charge in [0.1, 0.15) is 23.0 Å². The second-order valence-corrected chi connectivity index (χ2v) is 25.5. The van der Waals surface area contributed by atoms with E-state index in [1.54, 1.807) is 49.3 Å². The van der Waals surface area contributed by atoms with E-state index in [1.807, 2.05) is 199 Å². The number of rotatable bonds is 11. The zero-order valence-electron chi connectivity index (χ0n) is 57.3. The van der Waals surface area contributed by atoms with Crippen molar-refractivity contribution in [2.45, 2.75) is 41.5 Å². The Balaban J connectivity index is 0.000000130. The Kier molecular flexibility index (Phi) is 22.2. The summed E-state index contributed by atoms with van der Waals surface area (Å²) in [7, 11) is 0. The van der Waals surface area contributed by atoms with Crippen LogP contribution in [0.25, 0.3) is 94.4 Å². The molecule has 0 atom stereocenters. The number of aromatic amines is 1. The van der Waals surface area contributed by atoms with Crippen LogP contribution in [-0.4, -0.2) is 73.4 Å². The molecule has 0 aliphatic rings. The van der Waals surface area contributed by atoms with Crippen LogP contribution in [-0.2, 0) is 42.8 Å². The van der Waals surface area contributed by atoms with Crippen molar-refractivity contribution in [3.8, 4) is 63.5 Å². The number of benzene rings is 9. The number of aryl methyl sites for hydroxylation is 6. The average molecular weight is 1810 g/mol. The second-order valence-electron chi connectivity index (χ2n) is 23.8. The molecule has 0 amide bonds. The summed E-state index contributed by atoms with van der Waals surface area (Å²) < 4.78 is 40.9. The Morgan fingerprint density at radius 2 is 0.857 bits per heavy atom. The Bertz CT molecular complexity index is 5890. The van der Waals surface area contributed by atoms with Gasteiger partial charge in [-0.1, -0.05) is 72.2 Å². The van der Waals surface area contributed by atoms with Crippen molar-refractivity contribution in [2.24, 2.45) is 9.45 Å². The molecule has 0 fully saturated rings. The summed E-state index contributed by atoms with van der Waals surface area (Å²) in [5.41, 5.74) is 15.1. The van der Waals surface area contributed by atoms with E-state index in [1.165, 1.54) is 10.8 Å². The van der Waals surface area contributed by atoms with Crippen LogP contribution in [0.5, 0.6) is 34.5 Å². The van der Waals surface area contributed by atoms with E-state index in [0.717, 1.165) is 129 Å². The van der Waals surface area contributed by atoms with Crippen molar-refractivity contribution in [3.63, 3.8) is 0 Å². The Labute approximate surface area is 634 Å². The number of para-hydroxylation sites is 3. The molecule has 0 bridgehead atoms. The Hall–Kier alpha value is -11.9. The third kappa shape index (κ3) is 16.1. The molecule has 9 aromatic heterocycles. The molecule has 18 aromatic rings. The fourth-order valence-corrected chi connectivity index (χ4v) is 12.6. The molecule has 0 aliphatic carbocycles. The molecule has 21 nitrogen and oxygen atoms in total. The van der Waals surface area contributed by atoms with Gasteiger partial charge in [0.2, 0.25) is 11.9 Å². The van der Waals surface area contributed by atoms with Gasteiger partial charge in [0, 0.05) is 123 Å². The molecule has 9 aromatic carbocycles. The van der Waals surface area contributed by atoms with Crippen molar-refractivity contribution in [3.05, 3.63) is 313 Å². The standard InChI is InChI=1S/C27H21N5O.C27H19N5O.C23H19N3O.C4H3BrN2.H2N2.O.2Pt/c2*1-18-15-19(2)32(30-18)20-7-5-8-21(16-20)33-22-11-12-24-23-9-3-4-10-25(23)31(26(24)17-22)27-28-13-6-14-29-27;1-15-12-16(2)26(25-15)17-6-5-7-18(13-17)27-19-10-11-21-20-8-3-4-9-22(20)24-23(21)14-19;5-4-6-2-1-3-7-4;1-2;;;/h3-17H,1-2H3;3-15H,1-2H3;3-14,24H,1-2H3;1-3H;1H2;;;/q;-2;;;;;;+2. The van der Waals surface area contributed by atoms with Gasteiger partial charge in [-0.15, -0.1) is 35.7 Å². The monoisotopic (exact) mass is 1810 g/mol. The maximum Gasteiger partial charge on any atom is 2.00 e. The maximum atomic E-state index is 9.12. The molecule has 0 unspecified atom stereocenters. The van der Waals surface area contributed by atoms with E-state index in [9.17, 15) is 0 Å². The molecular formula is C81H64BrN17O4Pt2. The van der Waals surface area contributed by atoms with Crippen LogP contribution in [0.4, 0.5) is 0 Å². The maximum absolute atomic E-state index is 9.12. The van der Waals surface area contributed by atoms with Crippen LogP contribution < -0.4 is 20.1 Å². The minimum Gasteiger partial charge on any atom is 2.00 e. The molecule has 9 heterocycles. The Morgan fingerprint density at radius 3 is 1.41 bits per heavy atom. The first-order valence-electron chi connectivity index (χ1n) is 32.8. The summed E-state index contributed by atoms with van der Waals surface area (Å²) in [4.78, 5) is 28.9. The van der Waals surface area contributed by atoms with Gasteiger partial charge in [-0.3, -0.25) is 9.25 Å². The number of nitrogens with one attached hydrogen (secondary N) is 1. The van der Waals surface area contributed by atoms with Crippen LogP contribution in [0.1, 0.15) is 34.2 Å². The van der Waals surface area contributed by atoms with E-state index in [-0.39, 0.29) is 21.1 Å². The predicted molar refractivity (Wildman–Crippen MR) is 403 cm³/mol. The minimum atomic E-state index is -1.24. The molecule has 18 rings (SSSR count). The average Bonchev–Trinajstić information content (AvgIpc) is 1.61. The van der Waals surface area contributed by atoms with Crippen molar-refractivity contribution in [2.75, 3.05) is 0 Å². The second kappa shape index (κ2) is 32.6. The van der Waals surface area contributed by atoms with Gasteiger partial charge in [0.05, 0.1) is 45.0 Å². The summed E-state index contributed by atoms with van der Waals surface area (Å²) in [5.74, 6) is 9.88. The molecule has 105 heavy (non-hydrogen) atoms. The van der Waals surface area contributed by atoms with E-state index in [0.29, 0.717) is 28.1 Å². The van der Waals surface area contributed by atoms with Crippen LogP contribution >= 0.6 is 15.9 Å². The van der Waals surface area contributed by atoms with Crippen LogP contribution in [0.2, 0.25) is 0 Å². The quantitative estimate of drug-likeness (QED) is 0.0530. The third-order valence-corrected chi connectivity index (χ3v) is 17.2. The molecule has 0 saturated carbocycles. The number of nitrogens with zero attached hydrogens (tertiary/aromatic N) is 15. The number of hydrogen-bond donors (Lipinski definition) is 2. The Morgan fingerprint density at radius 1 is 0.410 bits per heavy atom. The number of halogens is 1. The predicted octanol–water partition coefficient (Wildman–Crippen LogP) is 18.6. The number of aromatic nitrogens is 15. The van der Waals surface area contributed by atoms with Gasteiger partial charge in [0.25, 0.3) is 0 Å². The largest absolute Gasteiger partial charge is 2.00 e. The number of ether oxygens (including phenoxy) is 3. The number of fused-ring (bicyclic) bond motifs is 9. The first-order valence-corrected chi connectivity index (χ1v) is 35.5. The van der Waals surface area contributed by atoms with Crippen molar-refractivity contribution in [1.82, 2.24) is 73.4 Å². The van der Waals surface area contributed by atoms with E-state index in [4.69, 9.17) is 17.6 Å². The molecular weight excluding hydrogens is 1750 g/mol. The van der Waals surface area contributed by atoms with Crippen molar-refractivity contribution < 1.29 is 57.0 Å². The summed E-state index contributed by atoms with van der Waals surface area (Å²) in [6.07, 6.45) is 10.3. The molecule has 0 radical (unpaired) electrons. The summed E-state index contributed by atoms with van der Waals surface area (Å²) >= 11 is 1.85. The zero-order chi connectivity index (χ0) is 71.6. The summed E-state index contributed by atoms with van der Waals surface area (Å²) in [5, 5.41) is 20.6. The molecule has 524 valence electrons. The van der Waals surface area contributed by atoms with Gasteiger partial charge < -0.3 is 23.8 Å². The van der Waals surface area contributed by atoms with E-state index >= 15 is 0 Å². The van der Waals surface area contributed by atoms with Crippen LogP contribution in [0.3, 0.4) is 0 Å². The van der Waals surface area contributed by atoms with Crippen molar-refractivity contribution in [1.29, 1.82) is 0 Å². The first kappa shape index (κ1) is 71.5. The van der Waals surface area contributed by atoms with Crippen LogP contribution in [0.15, 0.2) is 270 Å². The van der Waals surface area contributed by atoms with E-state index < -0.39 is 18.3 Å².